The Kier molecular flexibility index (Phi) is 5.93. The molecule has 6 heteroatoms. The molecule has 1 amide bonds. The van der Waals surface area contributed by atoms with Crippen LogP contribution in [0.2, 0.25) is 0 Å². The summed E-state index contributed by atoms with van der Waals surface area (Å²) in [6, 6.07) is 8.35. The van der Waals surface area contributed by atoms with Crippen molar-refractivity contribution in [3.63, 3.8) is 0 Å². The van der Waals surface area contributed by atoms with Gasteiger partial charge in [0.1, 0.15) is 6.54 Å². The average molecular weight is 371 g/mol. The lowest BCUT2D eigenvalue weighted by Crippen LogP contribution is -2.37. The van der Waals surface area contributed by atoms with E-state index in [2.05, 4.69) is 53.8 Å². The van der Waals surface area contributed by atoms with Crippen LogP contribution in [0.25, 0.3) is 0 Å². The Hall–Kier alpha value is -2.34. The molecule has 0 bridgehead atoms. The fourth-order valence-corrected chi connectivity index (χ4v) is 4.17. The zero-order valence-electron chi connectivity index (χ0n) is 15.4. The largest absolute Gasteiger partial charge is 0.370 e. The number of nitrogens with zero attached hydrogens (tertiary/aromatic N) is 2. The highest BCUT2D eigenvalue weighted by molar-refractivity contribution is 7.10. The summed E-state index contributed by atoms with van der Waals surface area (Å²) in [7, 11) is 0. The van der Waals surface area contributed by atoms with Crippen LogP contribution in [0.4, 0.5) is 5.69 Å². The molecule has 0 saturated carbocycles. The molecule has 138 valence electrons. The van der Waals surface area contributed by atoms with E-state index in [-0.39, 0.29) is 12.5 Å². The number of amides is 1. The van der Waals surface area contributed by atoms with E-state index >= 15 is 0 Å². The third-order valence-electron chi connectivity index (χ3n) is 4.80. The summed E-state index contributed by atoms with van der Waals surface area (Å²) in [4.78, 5) is 20.0. The summed E-state index contributed by atoms with van der Waals surface area (Å²) in [6.45, 7) is 5.75. The third-order valence-corrected chi connectivity index (χ3v) is 5.82. The number of benzene rings is 1. The van der Waals surface area contributed by atoms with Crippen molar-refractivity contribution in [1.82, 2.24) is 4.90 Å². The number of aryl methyl sites for hydroxylation is 2. The third kappa shape index (κ3) is 4.07. The van der Waals surface area contributed by atoms with Gasteiger partial charge in [-0.1, -0.05) is 32.0 Å². The van der Waals surface area contributed by atoms with Gasteiger partial charge in [-0.3, -0.25) is 4.79 Å². The molecule has 2 heterocycles. The quantitative estimate of drug-likeness (QED) is 0.627. The molecule has 1 aromatic heterocycles. The molecule has 0 saturated heterocycles. The summed E-state index contributed by atoms with van der Waals surface area (Å²) < 4.78 is 0. The zero-order chi connectivity index (χ0) is 18.5. The first kappa shape index (κ1) is 18.5. The van der Waals surface area contributed by atoms with Gasteiger partial charge in [0.25, 0.3) is 0 Å². The van der Waals surface area contributed by atoms with Crippen molar-refractivity contribution < 1.29 is 4.79 Å². The van der Waals surface area contributed by atoms with E-state index < -0.39 is 0 Å². The number of thiophene rings is 1. The van der Waals surface area contributed by atoms with Crippen LogP contribution in [0.5, 0.6) is 0 Å². The number of anilines is 1. The number of nitrogens with one attached hydrogen (secondary N) is 1. The number of para-hydroxylation sites is 1. The maximum Gasteiger partial charge on any atom is 0.244 e. The molecule has 1 aromatic carbocycles. The van der Waals surface area contributed by atoms with Crippen molar-refractivity contribution in [2.75, 3.05) is 18.4 Å². The monoisotopic (exact) mass is 370 g/mol. The molecule has 3 rings (SSSR count). The highest BCUT2D eigenvalue weighted by atomic mass is 32.1. The van der Waals surface area contributed by atoms with Crippen molar-refractivity contribution in [2.45, 2.75) is 39.7 Å². The van der Waals surface area contributed by atoms with Crippen LogP contribution in [-0.2, 0) is 30.6 Å². The predicted molar refractivity (Wildman–Crippen MR) is 109 cm³/mol. The Morgan fingerprint density at radius 3 is 2.69 bits per heavy atom. The molecular formula is C20H26N4OS. The maximum atomic E-state index is 12.5. The molecule has 2 aromatic rings. The molecule has 0 unspecified atom stereocenters. The first-order chi connectivity index (χ1) is 12.6. The highest BCUT2D eigenvalue weighted by Gasteiger charge is 2.21. The average Bonchev–Trinajstić information content (AvgIpc) is 3.14. The van der Waals surface area contributed by atoms with Gasteiger partial charge in [-0.2, -0.15) is 0 Å². The van der Waals surface area contributed by atoms with Crippen LogP contribution >= 0.6 is 11.3 Å². The van der Waals surface area contributed by atoms with Crippen molar-refractivity contribution in [3.8, 4) is 0 Å². The molecule has 3 N–H and O–H groups in total. The van der Waals surface area contributed by atoms with Gasteiger partial charge in [0.2, 0.25) is 5.91 Å². The van der Waals surface area contributed by atoms with Gasteiger partial charge in [0.05, 0.1) is 0 Å². The van der Waals surface area contributed by atoms with E-state index in [4.69, 9.17) is 5.73 Å². The fourth-order valence-electron chi connectivity index (χ4n) is 3.28. The number of rotatable bonds is 5. The number of carbonyl (C=O) groups is 1. The normalized spacial score (nSPS) is 14.2. The second-order valence-corrected chi connectivity index (χ2v) is 7.42. The number of hydrogen-bond acceptors (Lipinski definition) is 3. The predicted octanol–water partition coefficient (Wildman–Crippen LogP) is 3.18. The number of guanidine groups is 1. The second-order valence-electron chi connectivity index (χ2n) is 6.42. The Morgan fingerprint density at radius 2 is 2.00 bits per heavy atom. The Labute approximate surface area is 158 Å². The van der Waals surface area contributed by atoms with Gasteiger partial charge >= 0.3 is 0 Å². The van der Waals surface area contributed by atoms with Crippen LogP contribution in [0.15, 0.2) is 34.6 Å². The molecular weight excluding hydrogens is 344 g/mol. The topological polar surface area (TPSA) is 70.7 Å². The zero-order valence-corrected chi connectivity index (χ0v) is 16.2. The summed E-state index contributed by atoms with van der Waals surface area (Å²) >= 11 is 1.77. The number of carbonyl (C=O) groups excluding carboxylic acids is 1. The molecule has 0 aliphatic carbocycles. The van der Waals surface area contributed by atoms with Crippen molar-refractivity contribution in [1.29, 1.82) is 0 Å². The first-order valence-electron chi connectivity index (χ1n) is 9.13. The minimum Gasteiger partial charge on any atom is -0.370 e. The van der Waals surface area contributed by atoms with Gasteiger partial charge in [-0.15, -0.1) is 11.3 Å². The second kappa shape index (κ2) is 8.36. The highest BCUT2D eigenvalue weighted by Crippen LogP contribution is 2.24. The van der Waals surface area contributed by atoms with Crippen LogP contribution in [0.1, 0.15) is 35.4 Å². The molecule has 1 aliphatic rings. The van der Waals surface area contributed by atoms with Gasteiger partial charge in [0.15, 0.2) is 5.96 Å². The first-order valence-corrected chi connectivity index (χ1v) is 10.0. The molecule has 5 nitrogen and oxygen atoms in total. The minimum atomic E-state index is 0.0195. The van der Waals surface area contributed by atoms with Gasteiger partial charge in [-0.25, -0.2) is 4.99 Å². The Balaban J connectivity index is 1.63. The summed E-state index contributed by atoms with van der Waals surface area (Å²) in [6.07, 6.45) is 2.76. The minimum absolute atomic E-state index is 0.0195. The Morgan fingerprint density at radius 1 is 1.27 bits per heavy atom. The number of aliphatic imine (C=N–C) groups is 1. The standard InChI is InChI=1S/C20H26N4OS/c1-3-14-6-5-7-15(4-2)19(14)23-20(21)22-12-18(25)24-10-8-17-16(13-24)9-11-26-17/h5-7,9,11H,3-4,8,10,12-13H2,1-2H3,(H3,21,22,23). The molecule has 0 radical (unpaired) electrons. The number of fused-ring (bicyclic) bond motifs is 1. The lowest BCUT2D eigenvalue weighted by Gasteiger charge is -2.26. The van der Waals surface area contributed by atoms with Crippen LogP contribution in [-0.4, -0.2) is 29.9 Å². The smallest absolute Gasteiger partial charge is 0.244 e. The molecule has 0 spiro atoms. The SMILES string of the molecule is CCc1cccc(CC)c1NC(N)=NCC(=O)N1CCc2sccc2C1. The van der Waals surface area contributed by atoms with E-state index in [0.29, 0.717) is 12.5 Å². The molecule has 26 heavy (non-hydrogen) atoms. The summed E-state index contributed by atoms with van der Waals surface area (Å²) in [5, 5.41) is 5.30. The van der Waals surface area contributed by atoms with Crippen molar-refractivity contribution in [2.24, 2.45) is 10.7 Å². The summed E-state index contributed by atoms with van der Waals surface area (Å²) in [5.41, 5.74) is 10.7. The lowest BCUT2D eigenvalue weighted by atomic mass is 10.0. The maximum absolute atomic E-state index is 12.5. The molecule has 1 aliphatic heterocycles. The van der Waals surface area contributed by atoms with E-state index in [1.54, 1.807) is 11.3 Å². The van der Waals surface area contributed by atoms with Crippen molar-refractivity contribution >= 4 is 28.9 Å². The summed E-state index contributed by atoms with van der Waals surface area (Å²) in [5.74, 6) is 0.313. The van der Waals surface area contributed by atoms with Gasteiger partial charge in [-0.05, 0) is 47.4 Å². The van der Waals surface area contributed by atoms with E-state index in [1.807, 2.05) is 4.90 Å². The molecule has 0 atom stereocenters. The van der Waals surface area contributed by atoms with Gasteiger partial charge in [0, 0.05) is 23.7 Å². The van der Waals surface area contributed by atoms with Gasteiger partial charge < -0.3 is 16.0 Å². The lowest BCUT2D eigenvalue weighted by molar-refractivity contribution is -0.130. The van der Waals surface area contributed by atoms with Crippen LogP contribution in [0.3, 0.4) is 0 Å². The van der Waals surface area contributed by atoms with Crippen LogP contribution < -0.4 is 11.1 Å². The van der Waals surface area contributed by atoms with Crippen molar-refractivity contribution in [3.05, 3.63) is 51.2 Å². The number of nitrogens with two attached hydrogens (primary N) is 1. The molecule has 0 fully saturated rings. The van der Waals surface area contributed by atoms with Crippen LogP contribution in [0, 0.1) is 0 Å². The Bertz CT molecular complexity index is 790. The van der Waals surface area contributed by atoms with E-state index in [9.17, 15) is 4.79 Å². The fraction of sp³-hybridized carbons (Fsp3) is 0.400. The van der Waals surface area contributed by atoms with E-state index in [0.717, 1.165) is 31.5 Å². The van der Waals surface area contributed by atoms with E-state index in [1.165, 1.54) is 21.6 Å². The number of hydrogen-bond donors (Lipinski definition) is 2.